The maximum atomic E-state index is 11.6. The molecule has 0 radical (unpaired) electrons. The van der Waals surface area contributed by atoms with Crippen molar-refractivity contribution >= 4 is 12.2 Å². The number of likely N-dealkylation sites (N-methyl/N-ethyl adjacent to an activating group) is 1. The van der Waals surface area contributed by atoms with E-state index < -0.39 is 0 Å². The van der Waals surface area contributed by atoms with Crippen molar-refractivity contribution in [1.29, 1.82) is 5.26 Å². The van der Waals surface area contributed by atoms with E-state index in [0.717, 1.165) is 0 Å². The van der Waals surface area contributed by atoms with Gasteiger partial charge in [-0.2, -0.15) is 5.26 Å². The molecule has 15 heavy (non-hydrogen) atoms. The Labute approximate surface area is 87.7 Å². The van der Waals surface area contributed by atoms with Crippen LogP contribution in [0.3, 0.4) is 0 Å². The van der Waals surface area contributed by atoms with Crippen molar-refractivity contribution in [3.8, 4) is 6.07 Å². The molecule has 0 aliphatic rings. The highest BCUT2D eigenvalue weighted by molar-refractivity contribution is 5.95. The first-order chi connectivity index (χ1) is 7.19. The molecular weight excluding hydrogens is 192 g/mol. The van der Waals surface area contributed by atoms with Crippen LogP contribution in [0.15, 0.2) is 24.3 Å². The van der Waals surface area contributed by atoms with Gasteiger partial charge in [0.05, 0.1) is 18.2 Å². The Morgan fingerprint density at radius 1 is 1.47 bits per heavy atom. The number of nitriles is 1. The summed E-state index contributed by atoms with van der Waals surface area (Å²) in [5.41, 5.74) is 0.975. The molecule has 1 amide bonds. The quantitative estimate of drug-likeness (QED) is 0.682. The van der Waals surface area contributed by atoms with E-state index in [-0.39, 0.29) is 12.5 Å². The predicted octanol–water partition coefficient (Wildman–Crippen LogP) is 0.829. The second kappa shape index (κ2) is 4.91. The van der Waals surface area contributed by atoms with Gasteiger partial charge in [-0.15, -0.1) is 0 Å². The van der Waals surface area contributed by atoms with Gasteiger partial charge in [0.2, 0.25) is 0 Å². The van der Waals surface area contributed by atoms with Crippen LogP contribution in [0.2, 0.25) is 0 Å². The van der Waals surface area contributed by atoms with Crippen LogP contribution in [0, 0.1) is 11.3 Å². The highest BCUT2D eigenvalue weighted by Crippen LogP contribution is 2.05. The van der Waals surface area contributed by atoms with Crippen LogP contribution in [0.25, 0.3) is 0 Å². The van der Waals surface area contributed by atoms with E-state index in [9.17, 15) is 9.59 Å². The monoisotopic (exact) mass is 202 g/mol. The first-order valence-corrected chi connectivity index (χ1v) is 4.38. The summed E-state index contributed by atoms with van der Waals surface area (Å²) in [6.07, 6.45) is 0.668. The fraction of sp³-hybridized carbons (Fsp3) is 0.182. The van der Waals surface area contributed by atoms with Crippen molar-refractivity contribution in [1.82, 2.24) is 4.90 Å². The molecule has 1 rings (SSSR count). The average Bonchev–Trinajstić information content (AvgIpc) is 2.28. The molecule has 0 unspecified atom stereocenters. The standard InChI is InChI=1S/C11H10N2O2/c1-13(6-7-14)11(15)10-4-2-9(8-12)3-5-10/h2-5,7H,6H2,1H3. The first kappa shape index (κ1) is 10.9. The summed E-state index contributed by atoms with van der Waals surface area (Å²) in [7, 11) is 1.55. The molecule has 76 valence electrons. The van der Waals surface area contributed by atoms with Crippen molar-refractivity contribution in [2.24, 2.45) is 0 Å². The van der Waals surface area contributed by atoms with Gasteiger partial charge in [0.1, 0.15) is 6.29 Å². The topological polar surface area (TPSA) is 61.2 Å². The fourth-order valence-corrected chi connectivity index (χ4v) is 1.10. The summed E-state index contributed by atoms with van der Waals surface area (Å²) in [6.45, 7) is 0.0683. The number of benzene rings is 1. The van der Waals surface area contributed by atoms with Crippen molar-refractivity contribution in [2.45, 2.75) is 0 Å². The fourth-order valence-electron chi connectivity index (χ4n) is 1.10. The molecule has 0 aliphatic heterocycles. The Balaban J connectivity index is 2.83. The number of hydrogen-bond donors (Lipinski definition) is 0. The molecule has 0 N–H and O–H groups in total. The number of amides is 1. The number of carbonyl (C=O) groups is 2. The zero-order chi connectivity index (χ0) is 11.3. The molecule has 0 saturated heterocycles. The number of hydrogen-bond acceptors (Lipinski definition) is 3. The minimum absolute atomic E-state index is 0.0683. The lowest BCUT2D eigenvalue weighted by Gasteiger charge is -2.13. The largest absolute Gasteiger partial charge is 0.335 e. The summed E-state index contributed by atoms with van der Waals surface area (Å²) in [5, 5.41) is 8.57. The third-order valence-electron chi connectivity index (χ3n) is 1.96. The first-order valence-electron chi connectivity index (χ1n) is 4.38. The third-order valence-corrected chi connectivity index (χ3v) is 1.96. The van der Waals surface area contributed by atoms with Crippen LogP contribution in [0.5, 0.6) is 0 Å². The third kappa shape index (κ3) is 2.64. The summed E-state index contributed by atoms with van der Waals surface area (Å²) < 4.78 is 0. The Bertz CT molecular complexity index is 404. The molecule has 0 aromatic heterocycles. The van der Waals surface area contributed by atoms with Crippen molar-refractivity contribution in [2.75, 3.05) is 13.6 Å². The molecule has 0 heterocycles. The van der Waals surface area contributed by atoms with E-state index in [1.807, 2.05) is 6.07 Å². The molecule has 4 heteroatoms. The van der Waals surface area contributed by atoms with E-state index in [2.05, 4.69) is 0 Å². The number of rotatable bonds is 3. The Hall–Kier alpha value is -2.15. The van der Waals surface area contributed by atoms with Gasteiger partial charge in [-0.1, -0.05) is 0 Å². The van der Waals surface area contributed by atoms with Crippen LogP contribution in [-0.2, 0) is 4.79 Å². The minimum Gasteiger partial charge on any atom is -0.335 e. The molecule has 4 nitrogen and oxygen atoms in total. The normalized spacial score (nSPS) is 9.07. The van der Waals surface area contributed by atoms with E-state index in [1.54, 1.807) is 31.3 Å². The Morgan fingerprint density at radius 2 is 2.07 bits per heavy atom. The van der Waals surface area contributed by atoms with Gasteiger partial charge in [0.15, 0.2) is 0 Å². The van der Waals surface area contributed by atoms with E-state index in [4.69, 9.17) is 5.26 Å². The Kier molecular flexibility index (Phi) is 3.58. The molecule has 0 bridgehead atoms. The molecule has 0 atom stereocenters. The average molecular weight is 202 g/mol. The van der Waals surface area contributed by atoms with Crippen LogP contribution >= 0.6 is 0 Å². The maximum absolute atomic E-state index is 11.6. The van der Waals surface area contributed by atoms with Crippen LogP contribution < -0.4 is 0 Å². The molecule has 1 aromatic carbocycles. The van der Waals surface area contributed by atoms with Crippen LogP contribution in [-0.4, -0.2) is 30.7 Å². The van der Waals surface area contributed by atoms with E-state index >= 15 is 0 Å². The zero-order valence-corrected chi connectivity index (χ0v) is 8.30. The van der Waals surface area contributed by atoms with Crippen molar-refractivity contribution in [3.63, 3.8) is 0 Å². The second-order valence-electron chi connectivity index (χ2n) is 3.04. The summed E-state index contributed by atoms with van der Waals surface area (Å²) in [6, 6.07) is 8.25. The van der Waals surface area contributed by atoms with Crippen molar-refractivity contribution in [3.05, 3.63) is 35.4 Å². The molecule has 0 saturated carbocycles. The van der Waals surface area contributed by atoms with E-state index in [1.165, 1.54) is 4.90 Å². The molecule has 0 spiro atoms. The SMILES string of the molecule is CN(CC=O)C(=O)c1ccc(C#N)cc1. The summed E-state index contributed by atoms with van der Waals surface area (Å²) >= 11 is 0. The minimum atomic E-state index is -0.230. The highest BCUT2D eigenvalue weighted by atomic mass is 16.2. The van der Waals surface area contributed by atoms with Gasteiger partial charge < -0.3 is 9.69 Å². The molecule has 1 aromatic rings. The highest BCUT2D eigenvalue weighted by Gasteiger charge is 2.10. The molecule has 0 aliphatic carbocycles. The summed E-state index contributed by atoms with van der Waals surface area (Å²) in [4.78, 5) is 23.1. The van der Waals surface area contributed by atoms with Gasteiger partial charge in [-0.05, 0) is 24.3 Å². The Morgan fingerprint density at radius 3 is 2.53 bits per heavy atom. The maximum Gasteiger partial charge on any atom is 0.253 e. The molecule has 0 fully saturated rings. The van der Waals surface area contributed by atoms with Gasteiger partial charge >= 0.3 is 0 Å². The molecular formula is C11H10N2O2. The number of aldehydes is 1. The number of nitrogens with zero attached hydrogens (tertiary/aromatic N) is 2. The van der Waals surface area contributed by atoms with Gasteiger partial charge in [0, 0.05) is 12.6 Å². The number of carbonyl (C=O) groups excluding carboxylic acids is 2. The van der Waals surface area contributed by atoms with Crippen molar-refractivity contribution < 1.29 is 9.59 Å². The van der Waals surface area contributed by atoms with Gasteiger partial charge in [-0.25, -0.2) is 0 Å². The lowest BCUT2D eigenvalue weighted by atomic mass is 10.1. The second-order valence-corrected chi connectivity index (χ2v) is 3.04. The van der Waals surface area contributed by atoms with Gasteiger partial charge in [0.25, 0.3) is 5.91 Å². The van der Waals surface area contributed by atoms with E-state index in [0.29, 0.717) is 17.4 Å². The predicted molar refractivity (Wildman–Crippen MR) is 54.2 cm³/mol. The van der Waals surface area contributed by atoms with Crippen LogP contribution in [0.1, 0.15) is 15.9 Å². The smallest absolute Gasteiger partial charge is 0.253 e. The lowest BCUT2D eigenvalue weighted by Crippen LogP contribution is -2.28. The summed E-state index contributed by atoms with van der Waals surface area (Å²) in [5.74, 6) is -0.230. The van der Waals surface area contributed by atoms with Gasteiger partial charge in [-0.3, -0.25) is 4.79 Å². The van der Waals surface area contributed by atoms with Crippen LogP contribution in [0.4, 0.5) is 0 Å². The zero-order valence-electron chi connectivity index (χ0n) is 8.30. The lowest BCUT2D eigenvalue weighted by molar-refractivity contribution is -0.108.